The van der Waals surface area contributed by atoms with Crippen molar-refractivity contribution in [3.8, 4) is 17.3 Å². The Hall–Kier alpha value is -3.75. The van der Waals surface area contributed by atoms with E-state index in [2.05, 4.69) is 9.97 Å². The molecular weight excluding hydrogens is 468 g/mol. The summed E-state index contributed by atoms with van der Waals surface area (Å²) in [7, 11) is 0. The van der Waals surface area contributed by atoms with Crippen molar-refractivity contribution in [1.82, 2.24) is 19.1 Å². The number of pyridine rings is 4. The molecule has 0 aliphatic rings. The molecule has 0 fully saturated rings. The lowest BCUT2D eigenvalue weighted by atomic mass is 10.00. The van der Waals surface area contributed by atoms with Crippen LogP contribution < -0.4 is 15.9 Å². The van der Waals surface area contributed by atoms with Gasteiger partial charge in [0.1, 0.15) is 18.2 Å². The second-order valence-electron chi connectivity index (χ2n) is 8.76. The summed E-state index contributed by atoms with van der Waals surface area (Å²) < 4.78 is 8.63. The largest absolute Gasteiger partial charge is 0.489 e. The highest BCUT2D eigenvalue weighted by Gasteiger charge is 2.25. The molecule has 0 saturated carbocycles. The highest BCUT2D eigenvalue weighted by molar-refractivity contribution is 6.31. The Kier molecular flexibility index (Phi) is 6.60. The van der Waals surface area contributed by atoms with Gasteiger partial charge in [0.25, 0.3) is 11.1 Å². The van der Waals surface area contributed by atoms with Gasteiger partial charge in [0, 0.05) is 54.2 Å². The molecule has 0 unspecified atom stereocenters. The quantitative estimate of drug-likeness (QED) is 0.439. The minimum absolute atomic E-state index is 0.0639. The summed E-state index contributed by atoms with van der Waals surface area (Å²) in [4.78, 5) is 34.7. The average molecular weight is 493 g/mol. The van der Waals surface area contributed by atoms with E-state index in [0.717, 1.165) is 11.1 Å². The van der Waals surface area contributed by atoms with Crippen LogP contribution in [0.1, 0.15) is 36.2 Å². The fourth-order valence-electron chi connectivity index (χ4n) is 3.84. The van der Waals surface area contributed by atoms with Crippen LogP contribution in [0.2, 0.25) is 5.02 Å². The van der Waals surface area contributed by atoms with Gasteiger partial charge in [-0.15, -0.1) is 0 Å². The van der Waals surface area contributed by atoms with Gasteiger partial charge < -0.3 is 9.84 Å². The van der Waals surface area contributed by atoms with E-state index in [-0.39, 0.29) is 22.8 Å². The number of rotatable bonds is 6. The maximum Gasteiger partial charge on any atom is 0.263 e. The molecule has 4 aromatic heterocycles. The first-order valence-corrected chi connectivity index (χ1v) is 11.3. The van der Waals surface area contributed by atoms with Gasteiger partial charge in [-0.2, -0.15) is 0 Å². The van der Waals surface area contributed by atoms with Crippen LogP contribution in [0.5, 0.6) is 5.75 Å². The molecule has 0 aromatic carbocycles. The van der Waals surface area contributed by atoms with Gasteiger partial charge >= 0.3 is 0 Å². The Morgan fingerprint density at radius 3 is 2.54 bits per heavy atom. The van der Waals surface area contributed by atoms with E-state index in [1.54, 1.807) is 37.6 Å². The molecule has 0 bridgehead atoms. The SMILES string of the molecule is Cc1cnc(-n2ccc(Cl)c(C(C)(C)O)c2=O)cc1-n1c(C)cc(OCc2cccnc2)cc1=O. The number of halogens is 1. The summed E-state index contributed by atoms with van der Waals surface area (Å²) in [5.74, 6) is 0.740. The van der Waals surface area contributed by atoms with E-state index in [1.807, 2.05) is 19.1 Å². The molecule has 180 valence electrons. The summed E-state index contributed by atoms with van der Waals surface area (Å²) in [6.07, 6.45) is 6.47. The predicted molar refractivity (Wildman–Crippen MR) is 134 cm³/mol. The van der Waals surface area contributed by atoms with Crippen molar-refractivity contribution in [3.05, 3.63) is 109 Å². The van der Waals surface area contributed by atoms with Crippen LogP contribution >= 0.6 is 11.6 Å². The average Bonchev–Trinajstić information content (AvgIpc) is 2.78. The number of aromatic nitrogens is 4. The summed E-state index contributed by atoms with van der Waals surface area (Å²) >= 11 is 6.19. The molecule has 9 heteroatoms. The van der Waals surface area contributed by atoms with E-state index < -0.39 is 11.2 Å². The molecule has 0 atom stereocenters. The monoisotopic (exact) mass is 492 g/mol. The lowest BCUT2D eigenvalue weighted by Crippen LogP contribution is -2.32. The van der Waals surface area contributed by atoms with Crippen molar-refractivity contribution >= 4 is 11.6 Å². The van der Waals surface area contributed by atoms with E-state index in [4.69, 9.17) is 16.3 Å². The Balaban J connectivity index is 1.75. The second-order valence-corrected chi connectivity index (χ2v) is 9.17. The lowest BCUT2D eigenvalue weighted by Gasteiger charge is -2.20. The first kappa shape index (κ1) is 24.4. The molecule has 0 amide bonds. The Labute approximate surface area is 207 Å². The smallest absolute Gasteiger partial charge is 0.263 e. The van der Waals surface area contributed by atoms with Gasteiger partial charge in [-0.1, -0.05) is 17.7 Å². The number of aryl methyl sites for hydroxylation is 2. The van der Waals surface area contributed by atoms with Crippen LogP contribution in [0.3, 0.4) is 0 Å². The molecule has 0 radical (unpaired) electrons. The van der Waals surface area contributed by atoms with E-state index in [1.165, 1.54) is 41.3 Å². The highest BCUT2D eigenvalue weighted by atomic mass is 35.5. The normalized spacial score (nSPS) is 11.5. The number of aliphatic hydroxyl groups is 1. The van der Waals surface area contributed by atoms with Crippen molar-refractivity contribution in [3.63, 3.8) is 0 Å². The minimum Gasteiger partial charge on any atom is -0.489 e. The lowest BCUT2D eigenvalue weighted by molar-refractivity contribution is 0.0769. The van der Waals surface area contributed by atoms with Gasteiger partial charge in [-0.25, -0.2) is 4.98 Å². The fourth-order valence-corrected chi connectivity index (χ4v) is 4.21. The Morgan fingerprint density at radius 1 is 1.11 bits per heavy atom. The van der Waals surface area contributed by atoms with Crippen molar-refractivity contribution in [2.75, 3.05) is 0 Å². The van der Waals surface area contributed by atoms with Crippen LogP contribution in [0.25, 0.3) is 11.5 Å². The topological polar surface area (TPSA) is 99.2 Å². The van der Waals surface area contributed by atoms with Crippen LogP contribution in [-0.2, 0) is 12.2 Å². The summed E-state index contributed by atoms with van der Waals surface area (Å²) in [5.41, 5.74) is 0.707. The molecular formula is C26H25ClN4O4. The van der Waals surface area contributed by atoms with Crippen molar-refractivity contribution in [1.29, 1.82) is 0 Å². The molecule has 4 aromatic rings. The standard InChI is InChI=1S/C26H25ClN4O4/c1-16-13-29-22(30-9-7-20(27)24(25(30)33)26(3,4)34)12-21(16)31-17(2)10-19(11-23(31)32)35-15-18-6-5-8-28-14-18/h5-14,34H,15H2,1-4H3. The van der Waals surface area contributed by atoms with Gasteiger partial charge in [0.05, 0.1) is 21.9 Å². The van der Waals surface area contributed by atoms with Gasteiger partial charge in [-0.05, 0) is 45.4 Å². The molecule has 0 saturated heterocycles. The molecule has 4 heterocycles. The molecule has 0 spiro atoms. The zero-order valence-electron chi connectivity index (χ0n) is 19.8. The Bertz CT molecular complexity index is 1510. The van der Waals surface area contributed by atoms with E-state index >= 15 is 0 Å². The number of ether oxygens (including phenoxy) is 1. The number of nitrogens with zero attached hydrogens (tertiary/aromatic N) is 4. The van der Waals surface area contributed by atoms with Crippen molar-refractivity contribution in [2.45, 2.75) is 39.9 Å². The predicted octanol–water partition coefficient (Wildman–Crippen LogP) is 3.86. The third-order valence-corrected chi connectivity index (χ3v) is 5.83. The zero-order chi connectivity index (χ0) is 25.3. The molecule has 4 rings (SSSR count). The number of hydrogen-bond acceptors (Lipinski definition) is 6. The molecule has 1 N–H and O–H groups in total. The first-order chi connectivity index (χ1) is 16.6. The van der Waals surface area contributed by atoms with Crippen LogP contribution in [-0.4, -0.2) is 24.2 Å². The van der Waals surface area contributed by atoms with E-state index in [0.29, 0.717) is 22.9 Å². The second kappa shape index (κ2) is 9.48. The van der Waals surface area contributed by atoms with Crippen LogP contribution in [0, 0.1) is 13.8 Å². The molecule has 35 heavy (non-hydrogen) atoms. The Morgan fingerprint density at radius 2 is 1.89 bits per heavy atom. The molecule has 8 nitrogen and oxygen atoms in total. The van der Waals surface area contributed by atoms with Gasteiger partial charge in [0.15, 0.2) is 0 Å². The fraction of sp³-hybridized carbons (Fsp3) is 0.231. The van der Waals surface area contributed by atoms with Gasteiger partial charge in [0.2, 0.25) is 0 Å². The van der Waals surface area contributed by atoms with Crippen LogP contribution in [0.15, 0.2) is 70.8 Å². The molecule has 0 aliphatic heterocycles. The van der Waals surface area contributed by atoms with Crippen LogP contribution in [0.4, 0.5) is 0 Å². The summed E-state index contributed by atoms with van der Waals surface area (Å²) in [5, 5.41) is 10.6. The van der Waals surface area contributed by atoms with Crippen molar-refractivity contribution < 1.29 is 9.84 Å². The van der Waals surface area contributed by atoms with Gasteiger partial charge in [-0.3, -0.25) is 23.7 Å². The maximum absolute atomic E-state index is 13.1. The summed E-state index contributed by atoms with van der Waals surface area (Å²) in [6, 6.07) is 10.1. The number of hydrogen-bond donors (Lipinski definition) is 1. The maximum atomic E-state index is 13.1. The highest BCUT2D eigenvalue weighted by Crippen LogP contribution is 2.25. The third kappa shape index (κ3) is 5.03. The third-order valence-electron chi connectivity index (χ3n) is 5.52. The van der Waals surface area contributed by atoms with Crippen molar-refractivity contribution in [2.24, 2.45) is 0 Å². The van der Waals surface area contributed by atoms with E-state index in [9.17, 15) is 14.7 Å². The first-order valence-electron chi connectivity index (χ1n) is 10.9. The minimum atomic E-state index is -1.44. The summed E-state index contributed by atoms with van der Waals surface area (Å²) in [6.45, 7) is 6.91. The molecule has 0 aliphatic carbocycles. The zero-order valence-corrected chi connectivity index (χ0v) is 20.6.